The highest BCUT2D eigenvalue weighted by Gasteiger charge is 2.19. The number of hydrogen-bond donors (Lipinski definition) is 1. The summed E-state index contributed by atoms with van der Waals surface area (Å²) < 4.78 is 11.4. The molecule has 21 heavy (non-hydrogen) atoms. The molecule has 0 spiro atoms. The number of fused-ring (bicyclic) bond motifs is 1. The Balaban J connectivity index is 1.90. The van der Waals surface area contributed by atoms with Crippen molar-refractivity contribution in [3.8, 4) is 5.75 Å². The molecule has 1 aromatic carbocycles. The number of ether oxygens (including phenoxy) is 2. The van der Waals surface area contributed by atoms with E-state index < -0.39 is 5.97 Å². The minimum Gasteiger partial charge on any atom is -0.489 e. The van der Waals surface area contributed by atoms with Crippen LogP contribution in [0.5, 0.6) is 5.75 Å². The molecule has 0 saturated carbocycles. The molecule has 1 saturated heterocycles. The van der Waals surface area contributed by atoms with E-state index in [0.717, 1.165) is 31.4 Å². The van der Waals surface area contributed by atoms with Crippen LogP contribution in [0.25, 0.3) is 10.9 Å². The van der Waals surface area contributed by atoms with Gasteiger partial charge in [-0.05, 0) is 31.4 Å². The zero-order valence-corrected chi connectivity index (χ0v) is 11.6. The third kappa shape index (κ3) is 2.97. The van der Waals surface area contributed by atoms with E-state index in [4.69, 9.17) is 9.47 Å². The number of carboxylic acids is 1. The molecule has 1 aliphatic rings. The number of aromatic carboxylic acids is 1. The van der Waals surface area contributed by atoms with Gasteiger partial charge in [-0.15, -0.1) is 0 Å². The number of carboxylic acid groups (broad SMARTS) is 1. The van der Waals surface area contributed by atoms with Crippen LogP contribution in [0.3, 0.4) is 0 Å². The molecule has 1 unspecified atom stereocenters. The fourth-order valence-electron chi connectivity index (χ4n) is 2.54. The zero-order valence-electron chi connectivity index (χ0n) is 11.6. The molecular weight excluding hydrogens is 270 g/mol. The van der Waals surface area contributed by atoms with Crippen LogP contribution in [0.2, 0.25) is 0 Å². The first-order valence-electron chi connectivity index (χ1n) is 7.11. The van der Waals surface area contributed by atoms with Crippen molar-refractivity contribution >= 4 is 16.9 Å². The summed E-state index contributed by atoms with van der Waals surface area (Å²) in [5.41, 5.74) is 0.812. The quantitative estimate of drug-likeness (QED) is 0.936. The zero-order chi connectivity index (χ0) is 14.7. The molecule has 1 fully saturated rings. The first kappa shape index (κ1) is 13.8. The van der Waals surface area contributed by atoms with Crippen molar-refractivity contribution in [1.29, 1.82) is 0 Å². The van der Waals surface area contributed by atoms with Gasteiger partial charge < -0.3 is 14.6 Å². The van der Waals surface area contributed by atoms with Gasteiger partial charge in [-0.25, -0.2) is 4.79 Å². The molecule has 0 amide bonds. The Morgan fingerprint density at radius 3 is 3.00 bits per heavy atom. The summed E-state index contributed by atoms with van der Waals surface area (Å²) in [6, 6.07) is 7.38. The summed E-state index contributed by atoms with van der Waals surface area (Å²) in [5, 5.41) is 10.0. The lowest BCUT2D eigenvalue weighted by molar-refractivity contribution is -0.0110. The van der Waals surface area contributed by atoms with Gasteiger partial charge >= 0.3 is 5.97 Å². The molecule has 3 rings (SSSR count). The van der Waals surface area contributed by atoms with E-state index >= 15 is 0 Å². The van der Waals surface area contributed by atoms with Crippen molar-refractivity contribution in [2.45, 2.75) is 25.4 Å². The lowest BCUT2D eigenvalue weighted by Crippen LogP contribution is -2.26. The van der Waals surface area contributed by atoms with E-state index in [2.05, 4.69) is 4.98 Å². The summed E-state index contributed by atoms with van der Waals surface area (Å²) in [5.74, 6) is -0.657. The van der Waals surface area contributed by atoms with Crippen LogP contribution in [-0.4, -0.2) is 35.4 Å². The number of pyridine rings is 1. The molecule has 5 nitrogen and oxygen atoms in total. The number of benzene rings is 1. The van der Waals surface area contributed by atoms with Crippen LogP contribution in [0, 0.1) is 0 Å². The highest BCUT2D eigenvalue weighted by atomic mass is 16.5. The second kappa shape index (κ2) is 6.10. The van der Waals surface area contributed by atoms with Crippen LogP contribution in [-0.2, 0) is 4.74 Å². The molecule has 1 atom stereocenters. The maximum atomic E-state index is 11.4. The van der Waals surface area contributed by atoms with Crippen molar-refractivity contribution in [1.82, 2.24) is 4.98 Å². The summed E-state index contributed by atoms with van der Waals surface area (Å²) >= 11 is 0. The average molecular weight is 287 g/mol. The number of nitrogens with zero attached hydrogens (tertiary/aromatic N) is 1. The minimum absolute atomic E-state index is 0.0346. The number of hydrogen-bond acceptors (Lipinski definition) is 4. The molecule has 0 bridgehead atoms. The van der Waals surface area contributed by atoms with Crippen molar-refractivity contribution in [3.05, 3.63) is 36.0 Å². The van der Waals surface area contributed by atoms with E-state index in [1.54, 1.807) is 0 Å². The summed E-state index contributed by atoms with van der Waals surface area (Å²) in [6.45, 7) is 1.12. The van der Waals surface area contributed by atoms with Crippen LogP contribution in [0.4, 0.5) is 0 Å². The molecule has 0 aliphatic carbocycles. The number of carbonyl (C=O) groups is 1. The summed E-state index contributed by atoms with van der Waals surface area (Å²) in [4.78, 5) is 15.5. The molecule has 1 aromatic heterocycles. The van der Waals surface area contributed by atoms with E-state index in [1.165, 1.54) is 6.20 Å². The van der Waals surface area contributed by atoms with E-state index in [0.29, 0.717) is 17.7 Å². The second-order valence-electron chi connectivity index (χ2n) is 5.12. The van der Waals surface area contributed by atoms with E-state index in [-0.39, 0.29) is 11.7 Å². The molecule has 0 radical (unpaired) electrons. The third-order valence-corrected chi connectivity index (χ3v) is 3.64. The predicted octanol–water partition coefficient (Wildman–Crippen LogP) is 2.88. The monoisotopic (exact) mass is 287 g/mol. The molecular formula is C16H17NO4. The van der Waals surface area contributed by atoms with Crippen LogP contribution >= 0.6 is 0 Å². The molecule has 110 valence electrons. The van der Waals surface area contributed by atoms with E-state index in [1.807, 2.05) is 24.3 Å². The molecule has 1 N–H and O–H groups in total. The van der Waals surface area contributed by atoms with Crippen LogP contribution < -0.4 is 4.74 Å². The van der Waals surface area contributed by atoms with Crippen LogP contribution in [0.1, 0.15) is 29.6 Å². The highest BCUT2D eigenvalue weighted by Crippen LogP contribution is 2.29. The number of rotatable bonds is 4. The number of para-hydroxylation sites is 1. The molecule has 2 aromatic rings. The van der Waals surface area contributed by atoms with Gasteiger partial charge in [0.2, 0.25) is 0 Å². The minimum atomic E-state index is -1.03. The van der Waals surface area contributed by atoms with Crippen molar-refractivity contribution in [2.75, 3.05) is 13.2 Å². The maximum Gasteiger partial charge on any atom is 0.341 e. The fraction of sp³-hybridized carbons (Fsp3) is 0.375. The van der Waals surface area contributed by atoms with Crippen molar-refractivity contribution < 1.29 is 19.4 Å². The van der Waals surface area contributed by atoms with Crippen molar-refractivity contribution in [3.63, 3.8) is 0 Å². The maximum absolute atomic E-state index is 11.4. The van der Waals surface area contributed by atoms with Gasteiger partial charge in [0, 0.05) is 18.2 Å². The summed E-state index contributed by atoms with van der Waals surface area (Å²) in [7, 11) is 0. The van der Waals surface area contributed by atoms with Gasteiger partial charge in [-0.3, -0.25) is 4.98 Å². The largest absolute Gasteiger partial charge is 0.489 e. The first-order valence-corrected chi connectivity index (χ1v) is 7.11. The molecule has 5 heteroatoms. The van der Waals surface area contributed by atoms with Crippen molar-refractivity contribution in [2.24, 2.45) is 0 Å². The van der Waals surface area contributed by atoms with Gasteiger partial charge in [-0.2, -0.15) is 0 Å². The Kier molecular flexibility index (Phi) is 4.01. The van der Waals surface area contributed by atoms with E-state index in [9.17, 15) is 9.90 Å². The normalized spacial score (nSPS) is 18.6. The second-order valence-corrected chi connectivity index (χ2v) is 5.12. The average Bonchev–Trinajstić information content (AvgIpc) is 2.53. The SMILES string of the molecule is O=C(O)c1cnc2ccccc2c1OCC1CCCCO1. The summed E-state index contributed by atoms with van der Waals surface area (Å²) in [6.07, 6.45) is 4.53. The smallest absolute Gasteiger partial charge is 0.341 e. The Morgan fingerprint density at radius 2 is 2.24 bits per heavy atom. The number of aromatic nitrogens is 1. The van der Waals surface area contributed by atoms with Gasteiger partial charge in [0.1, 0.15) is 17.9 Å². The Labute approximate surface area is 122 Å². The fourth-order valence-corrected chi connectivity index (χ4v) is 2.54. The third-order valence-electron chi connectivity index (χ3n) is 3.64. The van der Waals surface area contributed by atoms with Gasteiger partial charge in [0.25, 0.3) is 0 Å². The van der Waals surface area contributed by atoms with Gasteiger partial charge in [0.15, 0.2) is 0 Å². The molecule has 1 aliphatic heterocycles. The Bertz CT molecular complexity index is 650. The standard InChI is InChI=1S/C16H17NO4/c18-16(19)13-9-17-14-7-2-1-6-12(14)15(13)21-10-11-5-3-4-8-20-11/h1-2,6-7,9,11H,3-5,8,10H2,(H,18,19). The molecule has 2 heterocycles. The predicted molar refractivity (Wildman–Crippen MR) is 77.8 cm³/mol. The topological polar surface area (TPSA) is 68.7 Å². The van der Waals surface area contributed by atoms with Gasteiger partial charge in [-0.1, -0.05) is 12.1 Å². The highest BCUT2D eigenvalue weighted by molar-refractivity contribution is 5.98. The van der Waals surface area contributed by atoms with Gasteiger partial charge in [0.05, 0.1) is 11.6 Å². The van der Waals surface area contributed by atoms with Crippen LogP contribution in [0.15, 0.2) is 30.5 Å². The Hall–Kier alpha value is -2.14. The lowest BCUT2D eigenvalue weighted by Gasteiger charge is -2.23. The first-order chi connectivity index (χ1) is 10.3. The Morgan fingerprint density at radius 1 is 1.38 bits per heavy atom. The lowest BCUT2D eigenvalue weighted by atomic mass is 10.1.